The maximum atomic E-state index is 6.44. The largest absolute Gasteiger partial charge is 0.347 e. The summed E-state index contributed by atoms with van der Waals surface area (Å²) in [6.07, 6.45) is 11.6. The summed E-state index contributed by atoms with van der Waals surface area (Å²) in [6, 6.07) is 12.0. The van der Waals surface area contributed by atoms with E-state index in [4.69, 9.17) is 28.2 Å². The molecule has 0 radical (unpaired) electrons. The Bertz CT molecular complexity index is 880. The molecule has 1 aliphatic rings. The lowest BCUT2D eigenvalue weighted by Crippen LogP contribution is -2.36. The molecule has 1 unspecified atom stereocenters. The number of rotatable bonds is 5. The monoisotopic (exact) mass is 417 g/mol. The summed E-state index contributed by atoms with van der Waals surface area (Å²) in [5.41, 5.74) is 1.12. The van der Waals surface area contributed by atoms with Crippen molar-refractivity contribution in [3.8, 4) is 0 Å². The van der Waals surface area contributed by atoms with Crippen molar-refractivity contribution in [1.29, 1.82) is 0 Å². The van der Waals surface area contributed by atoms with E-state index in [1.165, 1.54) is 19.3 Å². The number of aromatic nitrogens is 3. The molecule has 0 aliphatic heterocycles. The van der Waals surface area contributed by atoms with E-state index in [2.05, 4.69) is 22.1 Å². The van der Waals surface area contributed by atoms with Gasteiger partial charge in [0.05, 0.1) is 15.1 Å². The lowest BCUT2D eigenvalue weighted by Gasteiger charge is -2.41. The van der Waals surface area contributed by atoms with Crippen LogP contribution in [-0.4, -0.2) is 15.0 Å². The van der Waals surface area contributed by atoms with Gasteiger partial charge in [-0.1, -0.05) is 66.4 Å². The molecule has 1 fully saturated rings. The van der Waals surface area contributed by atoms with Gasteiger partial charge < -0.3 is 4.98 Å². The first-order chi connectivity index (χ1) is 13.2. The molecule has 140 valence electrons. The number of halogens is 2. The maximum absolute atomic E-state index is 6.44. The number of hydrogen-bond donors (Lipinski definition) is 1. The second-order valence-electron chi connectivity index (χ2n) is 6.91. The van der Waals surface area contributed by atoms with Crippen LogP contribution >= 0.6 is 35.0 Å². The van der Waals surface area contributed by atoms with Crippen molar-refractivity contribution in [3.63, 3.8) is 0 Å². The van der Waals surface area contributed by atoms with Crippen molar-refractivity contribution in [2.24, 2.45) is 5.92 Å². The summed E-state index contributed by atoms with van der Waals surface area (Å²) in [6.45, 7) is 0. The van der Waals surface area contributed by atoms with E-state index in [0.29, 0.717) is 16.0 Å². The minimum Gasteiger partial charge on any atom is -0.347 e. The molecule has 2 aromatic heterocycles. The number of nitrogens with zero attached hydrogens (tertiary/aromatic N) is 2. The molecule has 6 heteroatoms. The molecule has 0 spiro atoms. The van der Waals surface area contributed by atoms with Crippen LogP contribution in [0.4, 0.5) is 0 Å². The van der Waals surface area contributed by atoms with Crippen LogP contribution in [0.3, 0.4) is 0 Å². The minimum atomic E-state index is -0.382. The quantitative estimate of drug-likeness (QED) is 0.467. The fourth-order valence-electron chi connectivity index (χ4n) is 4.03. The normalized spacial score (nSPS) is 17.6. The average Bonchev–Trinajstić information content (AvgIpc) is 3.25. The van der Waals surface area contributed by atoms with Crippen molar-refractivity contribution < 1.29 is 0 Å². The van der Waals surface area contributed by atoms with Gasteiger partial charge in [0, 0.05) is 18.6 Å². The van der Waals surface area contributed by atoms with Crippen molar-refractivity contribution in [3.05, 3.63) is 76.4 Å². The molecule has 2 heterocycles. The van der Waals surface area contributed by atoms with Gasteiger partial charge in [0.2, 0.25) is 0 Å². The zero-order chi connectivity index (χ0) is 18.7. The fourth-order valence-corrected chi connectivity index (χ4v) is 5.78. The zero-order valence-corrected chi connectivity index (χ0v) is 17.2. The first kappa shape index (κ1) is 18.9. The third kappa shape index (κ3) is 3.75. The van der Waals surface area contributed by atoms with E-state index >= 15 is 0 Å². The van der Waals surface area contributed by atoms with Crippen LogP contribution in [-0.2, 0) is 4.75 Å². The topological polar surface area (TPSA) is 41.6 Å². The lowest BCUT2D eigenvalue weighted by atomic mass is 9.75. The van der Waals surface area contributed by atoms with Crippen LogP contribution in [0.5, 0.6) is 0 Å². The Balaban J connectivity index is 1.91. The molecule has 0 amide bonds. The molecule has 1 aliphatic carbocycles. The summed E-state index contributed by atoms with van der Waals surface area (Å²) in [4.78, 5) is 12.7. The SMILES string of the molecule is Clc1ccc(C(Sc2ccccn2)(c2ncc[nH]2)C2CCCCC2)cc1Cl. The molecular weight excluding hydrogens is 397 g/mol. The van der Waals surface area contributed by atoms with Gasteiger partial charge in [-0.25, -0.2) is 9.97 Å². The molecule has 1 saturated carbocycles. The van der Waals surface area contributed by atoms with E-state index < -0.39 is 0 Å². The lowest BCUT2D eigenvalue weighted by molar-refractivity contribution is 0.300. The number of hydrogen-bond acceptors (Lipinski definition) is 3. The predicted molar refractivity (Wildman–Crippen MR) is 112 cm³/mol. The molecule has 3 nitrogen and oxygen atoms in total. The van der Waals surface area contributed by atoms with Crippen molar-refractivity contribution in [1.82, 2.24) is 15.0 Å². The number of nitrogens with one attached hydrogen (secondary N) is 1. The van der Waals surface area contributed by atoms with Crippen molar-refractivity contribution >= 4 is 35.0 Å². The summed E-state index contributed by atoms with van der Waals surface area (Å²) in [5.74, 6) is 1.38. The third-order valence-electron chi connectivity index (χ3n) is 5.28. The third-order valence-corrected chi connectivity index (χ3v) is 7.56. The van der Waals surface area contributed by atoms with Gasteiger partial charge in [0.15, 0.2) is 0 Å². The Hall–Kier alpha value is -1.49. The molecule has 1 atom stereocenters. The van der Waals surface area contributed by atoms with Gasteiger partial charge in [0.25, 0.3) is 0 Å². The number of benzene rings is 1. The molecule has 0 bridgehead atoms. The summed E-state index contributed by atoms with van der Waals surface area (Å²) in [5, 5.41) is 2.12. The number of thioether (sulfide) groups is 1. The number of H-pyrrole nitrogens is 1. The first-order valence-electron chi connectivity index (χ1n) is 9.25. The molecule has 0 saturated heterocycles. The Morgan fingerprint density at radius 3 is 2.48 bits per heavy atom. The van der Waals surface area contributed by atoms with Crippen LogP contribution < -0.4 is 0 Å². The van der Waals surface area contributed by atoms with Gasteiger partial charge >= 0.3 is 0 Å². The Kier molecular flexibility index (Phi) is 5.76. The van der Waals surface area contributed by atoms with Crippen molar-refractivity contribution in [2.45, 2.75) is 41.9 Å². The predicted octanol–water partition coefficient (Wildman–Crippen LogP) is 6.73. The highest BCUT2D eigenvalue weighted by Gasteiger charge is 2.46. The highest BCUT2D eigenvalue weighted by atomic mass is 35.5. The molecule has 3 aromatic rings. The minimum absolute atomic E-state index is 0.382. The highest BCUT2D eigenvalue weighted by Crippen LogP contribution is 2.54. The molecule has 27 heavy (non-hydrogen) atoms. The molecule has 4 rings (SSSR count). The first-order valence-corrected chi connectivity index (χ1v) is 10.8. The highest BCUT2D eigenvalue weighted by molar-refractivity contribution is 8.00. The Labute approximate surface area is 173 Å². The standard InChI is InChI=1S/C21H21Cl2N3S/c22-17-10-9-16(14-18(17)23)21(20-25-12-13-26-20,15-6-2-1-3-7-15)27-19-8-4-5-11-24-19/h4-5,8-15H,1-3,6-7H2,(H,25,26). The van der Waals surface area contributed by atoms with Crippen LogP contribution in [0, 0.1) is 5.92 Å². The fraction of sp³-hybridized carbons (Fsp3) is 0.333. The van der Waals surface area contributed by atoms with Gasteiger partial charge in [-0.2, -0.15) is 0 Å². The van der Waals surface area contributed by atoms with Crippen molar-refractivity contribution in [2.75, 3.05) is 0 Å². The van der Waals surface area contributed by atoms with E-state index in [1.807, 2.05) is 42.9 Å². The van der Waals surface area contributed by atoms with Gasteiger partial charge in [0.1, 0.15) is 10.6 Å². The Morgan fingerprint density at radius 2 is 1.81 bits per heavy atom. The van der Waals surface area contributed by atoms with E-state index in [0.717, 1.165) is 29.3 Å². The second-order valence-corrected chi connectivity index (χ2v) is 8.99. The zero-order valence-electron chi connectivity index (χ0n) is 14.9. The van der Waals surface area contributed by atoms with E-state index in [-0.39, 0.29) is 4.75 Å². The summed E-state index contributed by atoms with van der Waals surface area (Å²) >= 11 is 14.4. The van der Waals surface area contributed by atoms with Gasteiger partial charge in [-0.3, -0.25) is 0 Å². The van der Waals surface area contributed by atoms with Crippen LogP contribution in [0.25, 0.3) is 0 Å². The smallest absolute Gasteiger partial charge is 0.127 e. The Morgan fingerprint density at radius 1 is 0.963 bits per heavy atom. The number of aromatic amines is 1. The summed E-state index contributed by atoms with van der Waals surface area (Å²) < 4.78 is -0.382. The van der Waals surface area contributed by atoms with Gasteiger partial charge in [-0.15, -0.1) is 0 Å². The maximum Gasteiger partial charge on any atom is 0.127 e. The van der Waals surface area contributed by atoms with E-state index in [1.54, 1.807) is 11.8 Å². The number of imidazole rings is 1. The van der Waals surface area contributed by atoms with Crippen LogP contribution in [0.1, 0.15) is 43.5 Å². The van der Waals surface area contributed by atoms with E-state index in [9.17, 15) is 0 Å². The molecular formula is C21H21Cl2N3S. The van der Waals surface area contributed by atoms with Gasteiger partial charge in [-0.05, 0) is 48.6 Å². The summed E-state index contributed by atoms with van der Waals surface area (Å²) in [7, 11) is 0. The van der Waals surface area contributed by atoms with Crippen LogP contribution in [0.2, 0.25) is 10.0 Å². The number of pyridine rings is 1. The molecule has 1 N–H and O–H groups in total. The van der Waals surface area contributed by atoms with Crippen LogP contribution in [0.15, 0.2) is 60.0 Å². The molecule has 1 aromatic carbocycles. The average molecular weight is 418 g/mol. The second kappa shape index (κ2) is 8.26.